The number of aryl methyl sites for hydroxylation is 1. The number of aliphatic hydroxyl groups is 1. The standard InChI is InChI=1S/C15H15N3O4/c1-9-14(21)12(10(8-19)6-16-9)7-17-18-15(22)11-4-2-3-5-13(11)20/h2-7,19-21H,8H2,1H3,(H,18,22)/b17-7-. The molecule has 0 radical (unpaired) electrons. The maximum atomic E-state index is 11.9. The number of aromatic hydroxyl groups is 2. The third kappa shape index (κ3) is 3.21. The first-order chi connectivity index (χ1) is 10.5. The molecule has 7 nitrogen and oxygen atoms in total. The first-order valence-electron chi connectivity index (χ1n) is 6.44. The monoisotopic (exact) mass is 301 g/mol. The molecule has 22 heavy (non-hydrogen) atoms. The maximum Gasteiger partial charge on any atom is 0.275 e. The van der Waals surface area contributed by atoms with Gasteiger partial charge in [0.1, 0.15) is 11.5 Å². The zero-order valence-electron chi connectivity index (χ0n) is 11.8. The van der Waals surface area contributed by atoms with Gasteiger partial charge in [-0.2, -0.15) is 5.10 Å². The van der Waals surface area contributed by atoms with E-state index in [4.69, 9.17) is 0 Å². The fourth-order valence-electron chi connectivity index (χ4n) is 1.80. The van der Waals surface area contributed by atoms with Crippen LogP contribution >= 0.6 is 0 Å². The van der Waals surface area contributed by atoms with Gasteiger partial charge >= 0.3 is 0 Å². The number of carbonyl (C=O) groups is 1. The highest BCUT2D eigenvalue weighted by Gasteiger charge is 2.11. The summed E-state index contributed by atoms with van der Waals surface area (Å²) in [7, 11) is 0. The Kier molecular flexibility index (Phi) is 4.70. The van der Waals surface area contributed by atoms with Crippen molar-refractivity contribution in [1.82, 2.24) is 10.4 Å². The predicted octanol–water partition coefficient (Wildman–Crippen LogP) is 1.06. The molecule has 0 aliphatic carbocycles. The van der Waals surface area contributed by atoms with Gasteiger partial charge in [0, 0.05) is 17.3 Å². The highest BCUT2D eigenvalue weighted by Crippen LogP contribution is 2.21. The van der Waals surface area contributed by atoms with Gasteiger partial charge < -0.3 is 15.3 Å². The number of aliphatic hydroxyl groups excluding tert-OH is 1. The lowest BCUT2D eigenvalue weighted by Crippen LogP contribution is -2.17. The fraction of sp³-hybridized carbons (Fsp3) is 0.133. The van der Waals surface area contributed by atoms with Gasteiger partial charge in [-0.05, 0) is 19.1 Å². The Bertz CT molecular complexity index is 729. The second-order valence-corrected chi connectivity index (χ2v) is 4.51. The Hall–Kier alpha value is -2.93. The van der Waals surface area contributed by atoms with Crippen LogP contribution < -0.4 is 5.43 Å². The van der Waals surface area contributed by atoms with Gasteiger partial charge in [0.25, 0.3) is 5.91 Å². The van der Waals surface area contributed by atoms with Gasteiger partial charge in [-0.15, -0.1) is 0 Å². The van der Waals surface area contributed by atoms with Gasteiger partial charge in [0.15, 0.2) is 0 Å². The Morgan fingerprint density at radius 1 is 1.36 bits per heavy atom. The van der Waals surface area contributed by atoms with Crippen LogP contribution in [0.15, 0.2) is 35.6 Å². The third-order valence-corrected chi connectivity index (χ3v) is 3.04. The van der Waals surface area contributed by atoms with Crippen molar-refractivity contribution in [3.05, 3.63) is 52.8 Å². The first kappa shape index (κ1) is 15.5. The summed E-state index contributed by atoms with van der Waals surface area (Å²) in [6.07, 6.45) is 2.63. The summed E-state index contributed by atoms with van der Waals surface area (Å²) in [6, 6.07) is 6.05. The number of pyridine rings is 1. The van der Waals surface area contributed by atoms with E-state index in [1.165, 1.54) is 24.5 Å². The Morgan fingerprint density at radius 2 is 2.09 bits per heavy atom. The highest BCUT2D eigenvalue weighted by molar-refractivity contribution is 5.97. The quantitative estimate of drug-likeness (QED) is 0.498. The third-order valence-electron chi connectivity index (χ3n) is 3.04. The molecular formula is C15H15N3O4. The van der Waals surface area contributed by atoms with Crippen LogP contribution in [0.1, 0.15) is 27.2 Å². The van der Waals surface area contributed by atoms with E-state index < -0.39 is 5.91 Å². The molecule has 0 fully saturated rings. The summed E-state index contributed by atoms with van der Waals surface area (Å²) < 4.78 is 0. The number of nitrogens with one attached hydrogen (secondary N) is 1. The van der Waals surface area contributed by atoms with E-state index in [0.717, 1.165) is 0 Å². The SMILES string of the molecule is Cc1ncc(CO)c(/C=N\NC(=O)c2ccccc2O)c1O. The van der Waals surface area contributed by atoms with Crippen molar-refractivity contribution in [1.29, 1.82) is 0 Å². The molecule has 1 amide bonds. The molecule has 0 bridgehead atoms. The van der Waals surface area contributed by atoms with E-state index in [1.54, 1.807) is 19.1 Å². The summed E-state index contributed by atoms with van der Waals surface area (Å²) in [5.41, 5.74) is 3.35. The summed E-state index contributed by atoms with van der Waals surface area (Å²) >= 11 is 0. The van der Waals surface area contributed by atoms with Crippen LogP contribution in [-0.2, 0) is 6.61 Å². The minimum absolute atomic E-state index is 0.0807. The zero-order valence-corrected chi connectivity index (χ0v) is 11.8. The molecule has 7 heteroatoms. The molecule has 0 saturated heterocycles. The van der Waals surface area contributed by atoms with Gasteiger partial charge in [0.05, 0.1) is 24.1 Å². The van der Waals surface area contributed by atoms with Gasteiger partial charge in [-0.3, -0.25) is 9.78 Å². The number of rotatable bonds is 4. The number of phenolic OH excluding ortho intramolecular Hbond substituents is 1. The zero-order chi connectivity index (χ0) is 16.1. The van der Waals surface area contributed by atoms with Crippen LogP contribution in [0.4, 0.5) is 0 Å². The van der Waals surface area contributed by atoms with E-state index in [-0.39, 0.29) is 29.2 Å². The lowest BCUT2D eigenvalue weighted by molar-refractivity contribution is 0.0952. The molecule has 4 N–H and O–H groups in total. The van der Waals surface area contributed by atoms with Crippen molar-refractivity contribution in [3.8, 4) is 11.5 Å². The molecule has 1 aromatic carbocycles. The van der Waals surface area contributed by atoms with Crippen LogP contribution in [0.25, 0.3) is 0 Å². The number of amides is 1. The van der Waals surface area contributed by atoms with Crippen LogP contribution in [0.3, 0.4) is 0 Å². The topological polar surface area (TPSA) is 115 Å². The molecule has 0 aliphatic rings. The van der Waals surface area contributed by atoms with Crippen molar-refractivity contribution in [2.45, 2.75) is 13.5 Å². The van der Waals surface area contributed by atoms with Crippen molar-refractivity contribution < 1.29 is 20.1 Å². The van der Waals surface area contributed by atoms with Crippen molar-refractivity contribution >= 4 is 12.1 Å². The Morgan fingerprint density at radius 3 is 2.77 bits per heavy atom. The van der Waals surface area contributed by atoms with E-state index in [2.05, 4.69) is 15.5 Å². The van der Waals surface area contributed by atoms with Gasteiger partial charge in [0.2, 0.25) is 0 Å². The van der Waals surface area contributed by atoms with E-state index in [9.17, 15) is 20.1 Å². The number of hydrogen-bond donors (Lipinski definition) is 4. The lowest BCUT2D eigenvalue weighted by atomic mass is 10.1. The van der Waals surface area contributed by atoms with Crippen molar-refractivity contribution in [3.63, 3.8) is 0 Å². The fourth-order valence-corrected chi connectivity index (χ4v) is 1.80. The average molecular weight is 301 g/mol. The summed E-state index contributed by atoms with van der Waals surface area (Å²) in [4.78, 5) is 15.8. The normalized spacial score (nSPS) is 10.8. The van der Waals surface area contributed by atoms with Crippen LogP contribution in [0.5, 0.6) is 11.5 Å². The largest absolute Gasteiger partial charge is 0.507 e. The van der Waals surface area contributed by atoms with Gasteiger partial charge in [-0.1, -0.05) is 12.1 Å². The molecule has 0 saturated carbocycles. The van der Waals surface area contributed by atoms with Crippen LogP contribution in [0.2, 0.25) is 0 Å². The molecule has 1 heterocycles. The number of nitrogens with zero attached hydrogens (tertiary/aromatic N) is 2. The number of phenols is 1. The van der Waals surface area contributed by atoms with E-state index in [1.807, 2.05) is 0 Å². The molecule has 1 aromatic heterocycles. The van der Waals surface area contributed by atoms with Crippen molar-refractivity contribution in [2.75, 3.05) is 0 Å². The highest BCUT2D eigenvalue weighted by atomic mass is 16.3. The van der Waals surface area contributed by atoms with Crippen LogP contribution in [0, 0.1) is 6.92 Å². The molecule has 114 valence electrons. The lowest BCUT2D eigenvalue weighted by Gasteiger charge is -2.07. The molecule has 2 aromatic rings. The van der Waals surface area contributed by atoms with E-state index in [0.29, 0.717) is 11.3 Å². The molecular weight excluding hydrogens is 286 g/mol. The second-order valence-electron chi connectivity index (χ2n) is 4.51. The van der Waals surface area contributed by atoms with Crippen LogP contribution in [-0.4, -0.2) is 32.4 Å². The summed E-state index contributed by atoms with van der Waals surface area (Å²) in [5.74, 6) is -0.869. The summed E-state index contributed by atoms with van der Waals surface area (Å²) in [5, 5.41) is 32.4. The minimum atomic E-state index is -0.592. The number of carbonyl (C=O) groups excluding carboxylic acids is 1. The average Bonchev–Trinajstić information content (AvgIpc) is 2.52. The first-order valence-corrected chi connectivity index (χ1v) is 6.44. The second kappa shape index (κ2) is 6.68. The molecule has 0 atom stereocenters. The van der Waals surface area contributed by atoms with Gasteiger partial charge in [-0.25, -0.2) is 5.43 Å². The van der Waals surface area contributed by atoms with Crippen molar-refractivity contribution in [2.24, 2.45) is 5.10 Å². The van der Waals surface area contributed by atoms with E-state index >= 15 is 0 Å². The number of benzene rings is 1. The summed E-state index contributed by atoms with van der Waals surface area (Å²) in [6.45, 7) is 1.28. The predicted molar refractivity (Wildman–Crippen MR) is 79.7 cm³/mol. The smallest absolute Gasteiger partial charge is 0.275 e. The molecule has 0 aliphatic heterocycles. The Balaban J connectivity index is 2.19. The number of aromatic nitrogens is 1. The maximum absolute atomic E-state index is 11.9. The Labute approximate surface area is 126 Å². The number of para-hydroxylation sites is 1. The minimum Gasteiger partial charge on any atom is -0.507 e. The molecule has 0 unspecified atom stereocenters. The number of hydrogen-bond acceptors (Lipinski definition) is 6. The molecule has 2 rings (SSSR count). The number of hydrazone groups is 1. The molecule has 0 spiro atoms.